The van der Waals surface area contributed by atoms with E-state index in [-0.39, 0.29) is 34.6 Å². The second kappa shape index (κ2) is 6.24. The van der Waals surface area contributed by atoms with E-state index in [0.29, 0.717) is 24.3 Å². The number of carbonyl (C=O) groups is 2. The standard InChI is InChI=1S/C22H32N2O2/c1-4-13-23-20(26)17-7-6-15-14-5-8-18-22(3,12-10-19(25)24-18)16(14)9-11-21(15,17)2/h4,10,12,14-18H,1,5-9,11,13H2,2-3H3,(H,23,26)(H,24,25)/t14-,15-,16-,17+,18+,21-,22+/m0/s1. The van der Waals surface area contributed by atoms with Gasteiger partial charge in [-0.15, -0.1) is 6.58 Å². The number of amides is 2. The Hall–Kier alpha value is -1.58. The summed E-state index contributed by atoms with van der Waals surface area (Å²) in [4.78, 5) is 24.5. The lowest BCUT2D eigenvalue weighted by Crippen LogP contribution is -2.59. The second-order valence-electron chi connectivity index (χ2n) is 9.42. The molecule has 3 fully saturated rings. The van der Waals surface area contributed by atoms with Crippen LogP contribution in [-0.2, 0) is 9.59 Å². The molecule has 0 aromatic heterocycles. The van der Waals surface area contributed by atoms with Crippen molar-refractivity contribution in [2.24, 2.45) is 34.5 Å². The van der Waals surface area contributed by atoms with Crippen LogP contribution in [0.25, 0.3) is 0 Å². The van der Waals surface area contributed by atoms with Crippen LogP contribution in [-0.4, -0.2) is 24.4 Å². The van der Waals surface area contributed by atoms with Gasteiger partial charge in [-0.3, -0.25) is 9.59 Å². The van der Waals surface area contributed by atoms with Crippen molar-refractivity contribution in [2.75, 3.05) is 6.54 Å². The number of nitrogens with one attached hydrogen (secondary N) is 2. The number of hydrogen-bond acceptors (Lipinski definition) is 2. The first kappa shape index (κ1) is 17.8. The average Bonchev–Trinajstić information content (AvgIpc) is 2.97. The van der Waals surface area contributed by atoms with Crippen LogP contribution in [0, 0.1) is 34.5 Å². The van der Waals surface area contributed by atoms with Crippen molar-refractivity contribution in [1.82, 2.24) is 10.6 Å². The minimum Gasteiger partial charge on any atom is -0.352 e. The predicted octanol–water partition coefficient (Wildman–Crippen LogP) is 3.20. The molecular formula is C22H32N2O2. The Morgan fingerprint density at radius 1 is 1.27 bits per heavy atom. The van der Waals surface area contributed by atoms with Crippen LogP contribution in [0.15, 0.2) is 24.8 Å². The monoisotopic (exact) mass is 356 g/mol. The minimum absolute atomic E-state index is 0.0615. The van der Waals surface area contributed by atoms with E-state index in [1.54, 1.807) is 12.2 Å². The molecule has 0 bridgehead atoms. The van der Waals surface area contributed by atoms with Crippen LogP contribution in [0.3, 0.4) is 0 Å². The van der Waals surface area contributed by atoms with Gasteiger partial charge >= 0.3 is 0 Å². The molecule has 0 saturated heterocycles. The van der Waals surface area contributed by atoms with Crippen LogP contribution in [0.4, 0.5) is 0 Å². The van der Waals surface area contributed by atoms with Crippen molar-refractivity contribution in [2.45, 2.75) is 58.4 Å². The molecule has 3 saturated carbocycles. The molecule has 3 aliphatic carbocycles. The second-order valence-corrected chi connectivity index (χ2v) is 9.42. The van der Waals surface area contributed by atoms with E-state index in [2.05, 4.69) is 37.1 Å². The van der Waals surface area contributed by atoms with E-state index >= 15 is 0 Å². The zero-order valence-electron chi connectivity index (χ0n) is 16.1. The van der Waals surface area contributed by atoms with Gasteiger partial charge in [-0.05, 0) is 67.8 Å². The van der Waals surface area contributed by atoms with E-state index in [4.69, 9.17) is 0 Å². The van der Waals surface area contributed by atoms with Crippen molar-refractivity contribution < 1.29 is 9.59 Å². The first-order chi connectivity index (χ1) is 12.4. The molecule has 0 radical (unpaired) electrons. The highest BCUT2D eigenvalue weighted by Gasteiger charge is 2.60. The van der Waals surface area contributed by atoms with Crippen LogP contribution in [0.2, 0.25) is 0 Å². The van der Waals surface area contributed by atoms with Crippen molar-refractivity contribution in [3.63, 3.8) is 0 Å². The summed E-state index contributed by atoms with van der Waals surface area (Å²) < 4.78 is 0. The fourth-order valence-corrected chi connectivity index (χ4v) is 7.06. The fourth-order valence-electron chi connectivity index (χ4n) is 7.06. The quantitative estimate of drug-likeness (QED) is 0.763. The summed E-state index contributed by atoms with van der Waals surface area (Å²) >= 11 is 0. The van der Waals surface area contributed by atoms with Gasteiger partial charge in [-0.1, -0.05) is 26.0 Å². The van der Waals surface area contributed by atoms with E-state index < -0.39 is 0 Å². The molecule has 0 aromatic rings. The van der Waals surface area contributed by atoms with Crippen LogP contribution in [0.5, 0.6) is 0 Å². The molecule has 4 rings (SSSR count). The Balaban J connectivity index is 1.58. The molecular weight excluding hydrogens is 324 g/mol. The topological polar surface area (TPSA) is 58.2 Å². The number of hydrogen-bond donors (Lipinski definition) is 2. The first-order valence-corrected chi connectivity index (χ1v) is 10.3. The molecule has 142 valence electrons. The Morgan fingerprint density at radius 2 is 2.08 bits per heavy atom. The molecule has 4 aliphatic rings. The van der Waals surface area contributed by atoms with Crippen molar-refractivity contribution in [3.8, 4) is 0 Å². The highest BCUT2D eigenvalue weighted by molar-refractivity contribution is 5.89. The maximum absolute atomic E-state index is 12.7. The van der Waals surface area contributed by atoms with Crippen molar-refractivity contribution >= 4 is 11.8 Å². The highest BCUT2D eigenvalue weighted by Crippen LogP contribution is 2.64. The average molecular weight is 357 g/mol. The molecule has 0 spiro atoms. The zero-order chi connectivity index (χ0) is 18.5. The molecule has 7 atom stereocenters. The van der Waals surface area contributed by atoms with Gasteiger partial charge in [0.1, 0.15) is 0 Å². The number of rotatable bonds is 3. The lowest BCUT2D eigenvalue weighted by Gasteiger charge is -2.58. The van der Waals surface area contributed by atoms with Gasteiger partial charge in [0.05, 0.1) is 0 Å². The van der Waals surface area contributed by atoms with Crippen molar-refractivity contribution in [1.29, 1.82) is 0 Å². The summed E-state index contributed by atoms with van der Waals surface area (Å²) in [5, 5.41) is 6.26. The van der Waals surface area contributed by atoms with E-state index in [0.717, 1.165) is 25.7 Å². The SMILES string of the molecule is C=CCNC(=O)[C@H]1CC[C@H]2[C@@H]3CC[C@H]4NC(=O)C=C[C@]4(C)[C@H]3CC[C@]12C. The summed E-state index contributed by atoms with van der Waals surface area (Å²) in [5.74, 6) is 2.34. The predicted molar refractivity (Wildman–Crippen MR) is 102 cm³/mol. The highest BCUT2D eigenvalue weighted by atomic mass is 16.2. The van der Waals surface area contributed by atoms with Crippen molar-refractivity contribution in [3.05, 3.63) is 24.8 Å². The molecule has 0 aromatic carbocycles. The largest absolute Gasteiger partial charge is 0.352 e. The molecule has 26 heavy (non-hydrogen) atoms. The summed E-state index contributed by atoms with van der Waals surface area (Å²) in [6, 6.07) is 0.277. The lowest BCUT2D eigenvalue weighted by molar-refractivity contribution is -0.133. The van der Waals surface area contributed by atoms with Gasteiger partial charge in [0.2, 0.25) is 11.8 Å². The van der Waals surface area contributed by atoms with Gasteiger partial charge in [0.15, 0.2) is 0 Å². The van der Waals surface area contributed by atoms with Crippen LogP contribution in [0.1, 0.15) is 52.4 Å². The van der Waals surface area contributed by atoms with E-state index in [1.165, 1.54) is 12.8 Å². The third kappa shape index (κ3) is 2.48. The van der Waals surface area contributed by atoms with Gasteiger partial charge in [-0.2, -0.15) is 0 Å². The third-order valence-electron chi connectivity index (χ3n) is 8.42. The van der Waals surface area contributed by atoms with E-state index in [1.807, 2.05) is 0 Å². The van der Waals surface area contributed by atoms with Gasteiger partial charge in [-0.25, -0.2) is 0 Å². The first-order valence-electron chi connectivity index (χ1n) is 10.3. The Labute approximate surface area is 156 Å². The summed E-state index contributed by atoms with van der Waals surface area (Å²) in [6.45, 7) is 8.98. The molecule has 2 N–H and O–H groups in total. The van der Waals surface area contributed by atoms with Gasteiger partial charge < -0.3 is 10.6 Å². The van der Waals surface area contributed by atoms with Gasteiger partial charge in [0, 0.05) is 23.9 Å². The Bertz CT molecular complexity index is 657. The Kier molecular flexibility index (Phi) is 4.28. The normalized spacial score (nSPS) is 46.5. The van der Waals surface area contributed by atoms with Crippen LogP contribution < -0.4 is 10.6 Å². The van der Waals surface area contributed by atoms with Crippen LogP contribution >= 0.6 is 0 Å². The molecule has 2 amide bonds. The van der Waals surface area contributed by atoms with Gasteiger partial charge in [0.25, 0.3) is 0 Å². The summed E-state index contributed by atoms with van der Waals surface area (Å²) in [5.41, 5.74) is 0.193. The number of carbonyl (C=O) groups excluding carboxylic acids is 2. The van der Waals surface area contributed by atoms with E-state index in [9.17, 15) is 9.59 Å². The lowest BCUT2D eigenvalue weighted by atomic mass is 9.48. The zero-order valence-corrected chi connectivity index (χ0v) is 16.1. The number of fused-ring (bicyclic) bond motifs is 5. The summed E-state index contributed by atoms with van der Waals surface area (Å²) in [7, 11) is 0. The maximum atomic E-state index is 12.7. The third-order valence-corrected chi connectivity index (χ3v) is 8.42. The molecule has 1 heterocycles. The molecule has 1 aliphatic heterocycles. The summed E-state index contributed by atoms with van der Waals surface area (Å²) in [6.07, 6.45) is 12.4. The smallest absolute Gasteiger partial charge is 0.243 e. The molecule has 4 nitrogen and oxygen atoms in total. The Morgan fingerprint density at radius 3 is 2.85 bits per heavy atom. The molecule has 0 unspecified atom stereocenters. The fraction of sp³-hybridized carbons (Fsp3) is 0.727. The minimum atomic E-state index is 0.0615. The molecule has 4 heteroatoms. The maximum Gasteiger partial charge on any atom is 0.243 e.